The summed E-state index contributed by atoms with van der Waals surface area (Å²) in [6, 6.07) is 11.8. The number of para-hydroxylation sites is 1. The lowest BCUT2D eigenvalue weighted by Crippen LogP contribution is -2.46. The van der Waals surface area contributed by atoms with Crippen LogP contribution in [0.4, 0.5) is 10.1 Å². The monoisotopic (exact) mass is 429 g/mol. The van der Waals surface area contributed by atoms with E-state index in [0.717, 1.165) is 20.7 Å². The Kier molecular flexibility index (Phi) is 7.61. The van der Waals surface area contributed by atoms with Gasteiger partial charge in [0.05, 0.1) is 17.3 Å². The Morgan fingerprint density at radius 2 is 1.79 bits per heavy atom. The highest BCUT2D eigenvalue weighted by molar-refractivity contribution is 7.90. The Morgan fingerprint density at radius 3 is 2.39 bits per heavy atom. The average molecular weight is 430 g/mol. The van der Waals surface area contributed by atoms with E-state index in [-0.39, 0.29) is 18.8 Å². The van der Waals surface area contributed by atoms with Crippen LogP contribution in [0.1, 0.15) is 0 Å². The van der Waals surface area contributed by atoms with E-state index in [1.54, 1.807) is 24.3 Å². The third-order valence-electron chi connectivity index (χ3n) is 3.66. The molecule has 0 saturated heterocycles. The lowest BCUT2D eigenvalue weighted by molar-refractivity contribution is -0.119. The number of rotatable bonds is 9. The van der Waals surface area contributed by atoms with Gasteiger partial charge in [0.25, 0.3) is 0 Å². The third-order valence-corrected chi connectivity index (χ3v) is 5.79. The Bertz CT molecular complexity index is 907. The number of ether oxygens (including phenoxy) is 1. The maximum absolute atomic E-state index is 13.2. The molecule has 7 nitrogen and oxygen atoms in total. The molecule has 152 valence electrons. The number of nitrogens with zero attached hydrogens (tertiary/aromatic N) is 2. The van der Waals surface area contributed by atoms with Gasteiger partial charge in [-0.15, -0.1) is 0 Å². The standard InChI is InChI=1S/C18H21ClFN3O4S/c1-22(2)28(25,26)23(15-9-7-14(20)8-10-15)13-18(24)21-11-12-27-17-6-4-3-5-16(17)19/h3-10H,11-13H2,1-2H3,(H,21,24). The molecule has 0 heterocycles. The second kappa shape index (κ2) is 9.72. The van der Waals surface area contributed by atoms with Gasteiger partial charge in [0.2, 0.25) is 5.91 Å². The fraction of sp³-hybridized carbons (Fsp3) is 0.278. The van der Waals surface area contributed by atoms with Crippen molar-refractivity contribution in [3.63, 3.8) is 0 Å². The maximum Gasteiger partial charge on any atom is 0.304 e. The molecule has 0 saturated carbocycles. The fourth-order valence-corrected chi connectivity index (χ4v) is 3.46. The number of anilines is 1. The second-order valence-electron chi connectivity index (χ2n) is 5.90. The molecule has 0 fully saturated rings. The number of nitrogens with one attached hydrogen (secondary N) is 1. The van der Waals surface area contributed by atoms with Crippen LogP contribution in [0.25, 0.3) is 0 Å². The van der Waals surface area contributed by atoms with E-state index in [9.17, 15) is 17.6 Å². The van der Waals surface area contributed by atoms with Crippen molar-refractivity contribution in [3.8, 4) is 5.75 Å². The summed E-state index contributed by atoms with van der Waals surface area (Å²) in [5.41, 5.74) is 0.178. The van der Waals surface area contributed by atoms with Crippen molar-refractivity contribution in [3.05, 3.63) is 59.4 Å². The first kappa shape index (κ1) is 21.9. The lowest BCUT2D eigenvalue weighted by atomic mass is 10.3. The predicted octanol–water partition coefficient (Wildman–Crippen LogP) is 2.29. The van der Waals surface area contributed by atoms with E-state index in [2.05, 4.69) is 5.32 Å². The van der Waals surface area contributed by atoms with Crippen molar-refractivity contribution in [2.45, 2.75) is 0 Å². The van der Waals surface area contributed by atoms with E-state index >= 15 is 0 Å². The maximum atomic E-state index is 13.2. The lowest BCUT2D eigenvalue weighted by Gasteiger charge is -2.26. The van der Waals surface area contributed by atoms with Crippen LogP contribution in [0.5, 0.6) is 5.75 Å². The smallest absolute Gasteiger partial charge is 0.304 e. The van der Waals surface area contributed by atoms with Crippen LogP contribution < -0.4 is 14.4 Å². The van der Waals surface area contributed by atoms with Gasteiger partial charge in [-0.25, -0.2) is 8.70 Å². The summed E-state index contributed by atoms with van der Waals surface area (Å²) in [4.78, 5) is 12.2. The normalized spacial score (nSPS) is 11.3. The summed E-state index contributed by atoms with van der Waals surface area (Å²) in [5, 5.41) is 3.04. The highest BCUT2D eigenvalue weighted by atomic mass is 35.5. The van der Waals surface area contributed by atoms with Gasteiger partial charge < -0.3 is 10.1 Å². The van der Waals surface area contributed by atoms with Crippen molar-refractivity contribution in [2.24, 2.45) is 0 Å². The molecule has 1 N–H and O–H groups in total. The zero-order valence-electron chi connectivity index (χ0n) is 15.4. The summed E-state index contributed by atoms with van der Waals surface area (Å²) in [6.07, 6.45) is 0. The second-order valence-corrected chi connectivity index (χ2v) is 8.38. The Morgan fingerprint density at radius 1 is 1.14 bits per heavy atom. The van der Waals surface area contributed by atoms with Crippen molar-refractivity contribution in [2.75, 3.05) is 38.1 Å². The SMILES string of the molecule is CN(C)S(=O)(=O)N(CC(=O)NCCOc1ccccc1Cl)c1ccc(F)cc1. The number of amides is 1. The summed E-state index contributed by atoms with van der Waals surface area (Å²) in [6.45, 7) is -0.145. The Balaban J connectivity index is 1.98. The molecule has 0 bridgehead atoms. The molecule has 28 heavy (non-hydrogen) atoms. The number of halogens is 2. The van der Waals surface area contributed by atoms with Crippen LogP contribution in [-0.2, 0) is 15.0 Å². The molecule has 2 aromatic carbocycles. The van der Waals surface area contributed by atoms with Crippen LogP contribution in [0, 0.1) is 5.82 Å². The highest BCUT2D eigenvalue weighted by Gasteiger charge is 2.27. The molecule has 0 radical (unpaired) electrons. The first-order valence-electron chi connectivity index (χ1n) is 8.31. The molecule has 0 aliphatic carbocycles. The third kappa shape index (κ3) is 5.82. The van der Waals surface area contributed by atoms with Crippen molar-refractivity contribution in [1.29, 1.82) is 0 Å². The van der Waals surface area contributed by atoms with E-state index < -0.39 is 28.5 Å². The van der Waals surface area contributed by atoms with Crippen LogP contribution in [-0.4, -0.2) is 52.4 Å². The molecule has 0 atom stereocenters. The number of carbonyl (C=O) groups excluding carboxylic acids is 1. The molecule has 0 aliphatic rings. The van der Waals surface area contributed by atoms with Crippen LogP contribution in [0.15, 0.2) is 48.5 Å². The fourth-order valence-electron chi connectivity index (χ4n) is 2.21. The summed E-state index contributed by atoms with van der Waals surface area (Å²) in [5.74, 6) is -0.550. The zero-order chi connectivity index (χ0) is 20.7. The minimum absolute atomic E-state index is 0.156. The van der Waals surface area contributed by atoms with Crippen molar-refractivity contribution in [1.82, 2.24) is 9.62 Å². The molecule has 2 aromatic rings. The highest BCUT2D eigenvalue weighted by Crippen LogP contribution is 2.23. The van der Waals surface area contributed by atoms with Crippen molar-refractivity contribution >= 4 is 33.4 Å². The van der Waals surface area contributed by atoms with Gasteiger partial charge in [-0.3, -0.25) is 4.79 Å². The van der Waals surface area contributed by atoms with E-state index in [4.69, 9.17) is 16.3 Å². The number of hydrogen-bond donors (Lipinski definition) is 1. The van der Waals surface area contributed by atoms with Gasteiger partial charge >= 0.3 is 10.2 Å². The predicted molar refractivity (Wildman–Crippen MR) is 106 cm³/mol. The summed E-state index contributed by atoms with van der Waals surface area (Å²) >= 11 is 5.98. The molecular weight excluding hydrogens is 409 g/mol. The summed E-state index contributed by atoms with van der Waals surface area (Å²) < 4.78 is 45.6. The Hall–Kier alpha value is -2.36. The molecule has 1 amide bonds. The van der Waals surface area contributed by atoms with Crippen LogP contribution in [0.3, 0.4) is 0 Å². The van der Waals surface area contributed by atoms with Gasteiger partial charge in [0.1, 0.15) is 24.7 Å². The molecular formula is C18H21ClFN3O4S. The van der Waals surface area contributed by atoms with Gasteiger partial charge in [0.15, 0.2) is 0 Å². The number of hydrogen-bond acceptors (Lipinski definition) is 4. The molecule has 0 spiro atoms. The summed E-state index contributed by atoms with van der Waals surface area (Å²) in [7, 11) is -1.25. The quantitative estimate of drug-likeness (QED) is 0.620. The molecule has 2 rings (SSSR count). The molecule has 0 aliphatic heterocycles. The van der Waals surface area contributed by atoms with Crippen molar-refractivity contribution < 1.29 is 22.3 Å². The molecule has 10 heteroatoms. The van der Waals surface area contributed by atoms with E-state index in [1.165, 1.54) is 26.2 Å². The largest absolute Gasteiger partial charge is 0.490 e. The Labute approximate surface area is 168 Å². The molecule has 0 unspecified atom stereocenters. The van der Waals surface area contributed by atoms with E-state index in [0.29, 0.717) is 10.8 Å². The topological polar surface area (TPSA) is 79.0 Å². The number of benzene rings is 2. The van der Waals surface area contributed by atoms with E-state index in [1.807, 2.05) is 0 Å². The van der Waals surface area contributed by atoms with Gasteiger partial charge in [-0.2, -0.15) is 12.7 Å². The first-order chi connectivity index (χ1) is 13.2. The minimum Gasteiger partial charge on any atom is -0.490 e. The number of carbonyl (C=O) groups is 1. The van der Waals surface area contributed by atoms with Crippen LogP contribution in [0.2, 0.25) is 5.02 Å². The first-order valence-corrected chi connectivity index (χ1v) is 10.1. The average Bonchev–Trinajstić information content (AvgIpc) is 2.65. The van der Waals surface area contributed by atoms with Gasteiger partial charge in [-0.1, -0.05) is 23.7 Å². The van der Waals surface area contributed by atoms with Gasteiger partial charge in [-0.05, 0) is 36.4 Å². The zero-order valence-corrected chi connectivity index (χ0v) is 17.0. The van der Waals surface area contributed by atoms with Crippen LogP contribution >= 0.6 is 11.6 Å². The van der Waals surface area contributed by atoms with Gasteiger partial charge in [0, 0.05) is 14.1 Å². The molecule has 0 aromatic heterocycles. The minimum atomic E-state index is -3.94.